The Balaban J connectivity index is 1.57. The van der Waals surface area contributed by atoms with Crippen LogP contribution in [0.2, 0.25) is 0 Å². The van der Waals surface area contributed by atoms with E-state index in [1.807, 2.05) is 0 Å². The third-order valence-electron chi connectivity index (χ3n) is 5.16. The first-order valence-corrected chi connectivity index (χ1v) is 9.10. The number of carbonyl (C=O) groups excluding carboxylic acids is 1. The van der Waals surface area contributed by atoms with Crippen molar-refractivity contribution in [2.24, 2.45) is 5.92 Å². The number of carbonyl (C=O) groups is 1. The van der Waals surface area contributed by atoms with Crippen LogP contribution in [-0.2, 0) is 0 Å². The Morgan fingerprint density at radius 2 is 1.92 bits per heavy atom. The van der Waals surface area contributed by atoms with Gasteiger partial charge in [-0.05, 0) is 43.7 Å². The number of hydrogen-bond donors (Lipinski definition) is 2. The Morgan fingerprint density at radius 1 is 1.25 bits per heavy atom. The Hall–Kier alpha value is -1.62. The molecule has 0 spiro atoms. The molecule has 3 rings (SSSR count). The molecule has 0 aromatic heterocycles. The SMILES string of the molecule is CC(C)CN1C2CCCC1CC(NC(=O)Nc1ccccc1F)C2. The molecule has 2 N–H and O–H groups in total. The second kappa shape index (κ2) is 7.51. The molecule has 2 amide bonds. The molecule has 132 valence electrons. The fraction of sp³-hybridized carbons (Fsp3) is 0.632. The van der Waals surface area contributed by atoms with Crippen LogP contribution in [-0.4, -0.2) is 35.6 Å². The zero-order valence-electron chi connectivity index (χ0n) is 14.6. The van der Waals surface area contributed by atoms with Crippen molar-refractivity contribution in [3.05, 3.63) is 30.1 Å². The van der Waals surface area contributed by atoms with Crippen LogP contribution < -0.4 is 10.6 Å². The van der Waals surface area contributed by atoms with E-state index in [-0.39, 0.29) is 17.8 Å². The van der Waals surface area contributed by atoms with Gasteiger partial charge >= 0.3 is 6.03 Å². The van der Waals surface area contributed by atoms with Crippen molar-refractivity contribution in [1.82, 2.24) is 10.2 Å². The summed E-state index contributed by atoms with van der Waals surface area (Å²) in [4.78, 5) is 14.9. The van der Waals surface area contributed by atoms with Crippen molar-refractivity contribution in [2.45, 2.75) is 64.1 Å². The van der Waals surface area contributed by atoms with Crippen LogP contribution in [0.3, 0.4) is 0 Å². The summed E-state index contributed by atoms with van der Waals surface area (Å²) in [6.45, 7) is 5.67. The molecule has 2 aliphatic rings. The lowest BCUT2D eigenvalue weighted by Crippen LogP contribution is -2.58. The van der Waals surface area contributed by atoms with E-state index in [1.165, 1.54) is 25.3 Å². The molecule has 2 bridgehead atoms. The number of fused-ring (bicyclic) bond motifs is 2. The molecule has 5 heteroatoms. The quantitative estimate of drug-likeness (QED) is 0.875. The van der Waals surface area contributed by atoms with E-state index >= 15 is 0 Å². The average Bonchev–Trinajstić information content (AvgIpc) is 2.50. The third-order valence-corrected chi connectivity index (χ3v) is 5.16. The van der Waals surface area contributed by atoms with E-state index in [1.54, 1.807) is 18.2 Å². The maximum absolute atomic E-state index is 13.6. The van der Waals surface area contributed by atoms with Crippen LogP contribution in [0.15, 0.2) is 24.3 Å². The lowest BCUT2D eigenvalue weighted by molar-refractivity contribution is 0.0180. The molecule has 24 heavy (non-hydrogen) atoms. The minimum Gasteiger partial charge on any atom is -0.335 e. The molecule has 4 nitrogen and oxygen atoms in total. The fourth-order valence-corrected chi connectivity index (χ4v) is 4.22. The standard InChI is InChI=1S/C19H28FN3O/c1-13(2)12-23-15-6-5-7-16(23)11-14(10-15)21-19(24)22-18-9-4-3-8-17(18)20/h3-4,8-9,13-16H,5-7,10-12H2,1-2H3,(H2,21,22,24). The number of urea groups is 1. The fourth-order valence-electron chi connectivity index (χ4n) is 4.22. The Labute approximate surface area is 143 Å². The maximum atomic E-state index is 13.6. The Bertz CT molecular complexity index is 563. The van der Waals surface area contributed by atoms with E-state index in [2.05, 4.69) is 29.4 Å². The van der Waals surface area contributed by atoms with Crippen molar-refractivity contribution < 1.29 is 9.18 Å². The van der Waals surface area contributed by atoms with Gasteiger partial charge in [0.25, 0.3) is 0 Å². The number of hydrogen-bond acceptors (Lipinski definition) is 2. The predicted octanol–water partition coefficient (Wildman–Crippen LogP) is 3.99. The first-order chi connectivity index (χ1) is 11.5. The van der Waals surface area contributed by atoms with Crippen molar-refractivity contribution >= 4 is 11.7 Å². The normalized spacial score (nSPS) is 27.1. The summed E-state index contributed by atoms with van der Waals surface area (Å²) in [7, 11) is 0. The van der Waals surface area contributed by atoms with Gasteiger partial charge in [0.1, 0.15) is 5.82 Å². The van der Waals surface area contributed by atoms with Crippen LogP contribution in [0.25, 0.3) is 0 Å². The monoisotopic (exact) mass is 333 g/mol. The molecule has 2 heterocycles. The van der Waals surface area contributed by atoms with Gasteiger partial charge in [-0.15, -0.1) is 0 Å². The van der Waals surface area contributed by atoms with Crippen LogP contribution in [0.1, 0.15) is 46.0 Å². The molecule has 0 saturated carbocycles. The number of halogens is 1. The molecule has 1 aromatic carbocycles. The molecule has 2 fully saturated rings. The van der Waals surface area contributed by atoms with Gasteiger partial charge in [0.05, 0.1) is 5.69 Å². The van der Waals surface area contributed by atoms with Gasteiger partial charge in [-0.2, -0.15) is 0 Å². The molecule has 2 unspecified atom stereocenters. The zero-order valence-corrected chi connectivity index (χ0v) is 14.6. The Kier molecular flexibility index (Phi) is 5.39. The first-order valence-electron chi connectivity index (χ1n) is 9.10. The number of nitrogens with zero attached hydrogens (tertiary/aromatic N) is 1. The lowest BCUT2D eigenvalue weighted by atomic mass is 9.81. The highest BCUT2D eigenvalue weighted by molar-refractivity contribution is 5.89. The molecule has 2 atom stereocenters. The topological polar surface area (TPSA) is 44.4 Å². The van der Waals surface area contributed by atoms with Crippen LogP contribution >= 0.6 is 0 Å². The van der Waals surface area contributed by atoms with Gasteiger partial charge in [-0.3, -0.25) is 4.90 Å². The summed E-state index contributed by atoms with van der Waals surface area (Å²) in [5, 5.41) is 5.68. The highest BCUT2D eigenvalue weighted by Gasteiger charge is 2.38. The number of para-hydroxylation sites is 1. The largest absolute Gasteiger partial charge is 0.335 e. The first kappa shape index (κ1) is 17.2. The van der Waals surface area contributed by atoms with Crippen molar-refractivity contribution in [1.29, 1.82) is 0 Å². The number of nitrogens with one attached hydrogen (secondary N) is 2. The molecule has 1 aromatic rings. The number of amides is 2. The average molecular weight is 333 g/mol. The summed E-state index contributed by atoms with van der Waals surface area (Å²) in [6.07, 6.45) is 5.71. The van der Waals surface area contributed by atoms with Gasteiger partial charge < -0.3 is 10.6 Å². The zero-order chi connectivity index (χ0) is 17.1. The van der Waals surface area contributed by atoms with Crippen molar-refractivity contribution in [3.63, 3.8) is 0 Å². The van der Waals surface area contributed by atoms with E-state index < -0.39 is 5.82 Å². The van der Waals surface area contributed by atoms with E-state index in [0.29, 0.717) is 18.0 Å². The molecule has 2 saturated heterocycles. The number of rotatable bonds is 4. The number of anilines is 1. The summed E-state index contributed by atoms with van der Waals surface area (Å²) in [6, 6.07) is 7.27. The van der Waals surface area contributed by atoms with Gasteiger partial charge in [0.2, 0.25) is 0 Å². The molecule has 0 radical (unpaired) electrons. The third kappa shape index (κ3) is 4.07. The van der Waals surface area contributed by atoms with Gasteiger partial charge in [0.15, 0.2) is 0 Å². The van der Waals surface area contributed by atoms with Crippen molar-refractivity contribution in [2.75, 3.05) is 11.9 Å². The molecule has 0 aliphatic carbocycles. The van der Waals surface area contributed by atoms with Crippen LogP contribution in [0.4, 0.5) is 14.9 Å². The van der Waals surface area contributed by atoms with Gasteiger partial charge in [0, 0.05) is 24.7 Å². The summed E-state index contributed by atoms with van der Waals surface area (Å²) >= 11 is 0. The van der Waals surface area contributed by atoms with Crippen LogP contribution in [0.5, 0.6) is 0 Å². The lowest BCUT2D eigenvalue weighted by Gasteiger charge is -2.49. The van der Waals surface area contributed by atoms with E-state index in [0.717, 1.165) is 19.4 Å². The smallest absolute Gasteiger partial charge is 0.319 e. The van der Waals surface area contributed by atoms with Gasteiger partial charge in [-0.1, -0.05) is 32.4 Å². The van der Waals surface area contributed by atoms with Crippen molar-refractivity contribution in [3.8, 4) is 0 Å². The molecular weight excluding hydrogens is 305 g/mol. The molecule has 2 aliphatic heterocycles. The second-order valence-corrected chi connectivity index (χ2v) is 7.58. The number of benzene rings is 1. The highest BCUT2D eigenvalue weighted by Crippen LogP contribution is 2.34. The minimum atomic E-state index is -0.406. The highest BCUT2D eigenvalue weighted by atomic mass is 19.1. The number of piperidine rings is 2. The minimum absolute atomic E-state index is 0.176. The second-order valence-electron chi connectivity index (χ2n) is 7.58. The summed E-state index contributed by atoms with van der Waals surface area (Å²) in [5.41, 5.74) is 0.229. The van der Waals surface area contributed by atoms with E-state index in [9.17, 15) is 9.18 Å². The van der Waals surface area contributed by atoms with E-state index in [4.69, 9.17) is 0 Å². The summed E-state index contributed by atoms with van der Waals surface area (Å²) in [5.74, 6) is 0.262. The predicted molar refractivity (Wildman–Crippen MR) is 94.5 cm³/mol. The van der Waals surface area contributed by atoms with Crippen LogP contribution in [0, 0.1) is 11.7 Å². The molecular formula is C19H28FN3O. The van der Waals surface area contributed by atoms with Gasteiger partial charge in [-0.25, -0.2) is 9.18 Å². The Morgan fingerprint density at radius 3 is 2.54 bits per heavy atom. The summed E-state index contributed by atoms with van der Waals surface area (Å²) < 4.78 is 13.6. The maximum Gasteiger partial charge on any atom is 0.319 e.